The second-order valence-corrected chi connectivity index (χ2v) is 4.51. The number of rotatable bonds is 4. The molecule has 0 spiro atoms. The van der Waals surface area contributed by atoms with Crippen molar-refractivity contribution in [1.29, 1.82) is 5.41 Å². The molecule has 0 aromatic heterocycles. The Kier molecular flexibility index (Phi) is 3.50. The first-order valence-electron chi connectivity index (χ1n) is 5.94. The topological polar surface area (TPSA) is 107 Å². The number of carbonyl (C=O) groups is 2. The minimum Gasteiger partial charge on any atom is -0.384 e. The molecular formula is C13H14N3O3. The van der Waals surface area contributed by atoms with Crippen LogP contribution in [0.5, 0.6) is 0 Å². The van der Waals surface area contributed by atoms with Crippen LogP contribution in [0.15, 0.2) is 24.3 Å². The molecule has 2 rings (SSSR count). The highest BCUT2D eigenvalue weighted by molar-refractivity contribution is 5.99. The Morgan fingerprint density at radius 1 is 1.37 bits per heavy atom. The lowest BCUT2D eigenvalue weighted by atomic mass is 10.0. The number of anilines is 1. The second-order valence-electron chi connectivity index (χ2n) is 4.51. The molecule has 1 fully saturated rings. The third-order valence-electron chi connectivity index (χ3n) is 3.22. The number of carbonyl (C=O) groups excluding carboxylic acids is 2. The summed E-state index contributed by atoms with van der Waals surface area (Å²) in [6, 6.07) is 6.74. The van der Waals surface area contributed by atoms with Gasteiger partial charge in [-0.25, -0.2) is 9.90 Å². The molecule has 0 saturated carbocycles. The first kappa shape index (κ1) is 13.1. The third-order valence-corrected chi connectivity index (χ3v) is 3.22. The van der Waals surface area contributed by atoms with Crippen molar-refractivity contribution in [2.75, 3.05) is 11.4 Å². The van der Waals surface area contributed by atoms with Gasteiger partial charge >= 0.3 is 5.97 Å². The fourth-order valence-electron chi connectivity index (χ4n) is 2.21. The lowest BCUT2D eigenvalue weighted by Crippen LogP contribution is -2.27. The lowest BCUT2D eigenvalue weighted by Gasteiger charge is -2.16. The minimum atomic E-state index is -1.20. The minimum absolute atomic E-state index is 0.0332. The Hall–Kier alpha value is -2.37. The summed E-state index contributed by atoms with van der Waals surface area (Å²) in [5, 5.41) is 17.8. The van der Waals surface area contributed by atoms with Crippen LogP contribution in [0.4, 0.5) is 5.69 Å². The van der Waals surface area contributed by atoms with Crippen molar-refractivity contribution in [2.24, 2.45) is 11.7 Å². The third kappa shape index (κ3) is 2.73. The highest BCUT2D eigenvalue weighted by Gasteiger charge is 2.34. The molecule has 1 aromatic carbocycles. The normalized spacial score (nSPS) is 18.6. The molecule has 1 heterocycles. The first-order valence-corrected chi connectivity index (χ1v) is 5.94. The van der Waals surface area contributed by atoms with E-state index in [1.54, 1.807) is 29.2 Å². The maximum Gasteiger partial charge on any atom is 0.356 e. The summed E-state index contributed by atoms with van der Waals surface area (Å²) >= 11 is 0. The van der Waals surface area contributed by atoms with Crippen LogP contribution in [-0.4, -0.2) is 24.3 Å². The predicted octanol–water partition coefficient (Wildman–Crippen LogP) is 0.671. The average Bonchev–Trinajstić information content (AvgIpc) is 2.70. The van der Waals surface area contributed by atoms with Gasteiger partial charge < -0.3 is 10.6 Å². The molecule has 3 N–H and O–H groups in total. The zero-order valence-corrected chi connectivity index (χ0v) is 10.3. The number of benzene rings is 1. The number of hydrogen-bond donors (Lipinski definition) is 2. The van der Waals surface area contributed by atoms with E-state index in [0.29, 0.717) is 24.2 Å². The van der Waals surface area contributed by atoms with Gasteiger partial charge in [0.1, 0.15) is 5.84 Å². The summed E-state index contributed by atoms with van der Waals surface area (Å²) < 4.78 is 0. The van der Waals surface area contributed by atoms with E-state index in [-0.39, 0.29) is 18.2 Å². The number of nitrogens with zero attached hydrogens (tertiary/aromatic N) is 1. The smallest absolute Gasteiger partial charge is 0.356 e. The van der Waals surface area contributed by atoms with Gasteiger partial charge in [-0.15, -0.1) is 0 Å². The van der Waals surface area contributed by atoms with Crippen molar-refractivity contribution in [3.05, 3.63) is 29.8 Å². The molecule has 0 unspecified atom stereocenters. The average molecular weight is 260 g/mol. The molecular weight excluding hydrogens is 246 g/mol. The van der Waals surface area contributed by atoms with E-state index in [1.807, 2.05) is 0 Å². The van der Waals surface area contributed by atoms with E-state index < -0.39 is 11.9 Å². The van der Waals surface area contributed by atoms with E-state index in [1.165, 1.54) is 0 Å². The lowest BCUT2D eigenvalue weighted by molar-refractivity contribution is -0.145. The van der Waals surface area contributed by atoms with Gasteiger partial charge in [-0.05, 0) is 30.7 Å². The van der Waals surface area contributed by atoms with E-state index in [2.05, 4.69) is 0 Å². The summed E-state index contributed by atoms with van der Waals surface area (Å²) in [5.41, 5.74) is 6.63. The summed E-state index contributed by atoms with van der Waals surface area (Å²) in [5.74, 6) is -1.93. The molecule has 6 nitrogen and oxygen atoms in total. The quantitative estimate of drug-likeness (QED) is 0.613. The van der Waals surface area contributed by atoms with Crippen LogP contribution in [0.3, 0.4) is 0 Å². The van der Waals surface area contributed by atoms with E-state index in [4.69, 9.17) is 11.1 Å². The van der Waals surface area contributed by atoms with Gasteiger partial charge in [-0.2, -0.15) is 0 Å². The molecule has 1 radical (unpaired) electrons. The van der Waals surface area contributed by atoms with Crippen molar-refractivity contribution in [3.8, 4) is 0 Å². The van der Waals surface area contributed by atoms with Gasteiger partial charge in [0, 0.05) is 17.8 Å². The van der Waals surface area contributed by atoms with Crippen LogP contribution < -0.4 is 10.6 Å². The number of amidine groups is 1. The van der Waals surface area contributed by atoms with E-state index in [0.717, 1.165) is 0 Å². The monoisotopic (exact) mass is 260 g/mol. The summed E-state index contributed by atoms with van der Waals surface area (Å²) in [7, 11) is 0. The molecule has 99 valence electrons. The molecule has 1 amide bonds. The largest absolute Gasteiger partial charge is 0.384 e. The number of nitrogen functional groups attached to an aromatic ring is 1. The van der Waals surface area contributed by atoms with Crippen molar-refractivity contribution in [3.63, 3.8) is 0 Å². The summed E-state index contributed by atoms with van der Waals surface area (Å²) in [6.07, 6.45) is 0.280. The Labute approximate surface area is 110 Å². The Balaban J connectivity index is 2.13. The predicted molar refractivity (Wildman–Crippen MR) is 68.2 cm³/mol. The molecule has 19 heavy (non-hydrogen) atoms. The molecule has 1 saturated heterocycles. The van der Waals surface area contributed by atoms with E-state index >= 15 is 0 Å². The Bertz CT molecular complexity index is 524. The highest BCUT2D eigenvalue weighted by Crippen LogP contribution is 2.27. The molecule has 1 aromatic rings. The standard InChI is InChI=1S/C13H14N3O3/c14-12(15)8-1-3-10(4-2-8)16-6-5-9(13(16)19)7-11(17)18/h1-4,9H,5-7H2,(H3,14,15)/t9-/m0/s1. The second kappa shape index (κ2) is 5.09. The fourth-order valence-corrected chi connectivity index (χ4v) is 2.21. The highest BCUT2D eigenvalue weighted by atomic mass is 16.4. The molecule has 0 aliphatic carbocycles. The van der Waals surface area contributed by atoms with Crippen LogP contribution in [0.2, 0.25) is 0 Å². The number of nitrogens with one attached hydrogen (secondary N) is 1. The van der Waals surface area contributed by atoms with Crippen molar-refractivity contribution >= 4 is 23.4 Å². The van der Waals surface area contributed by atoms with Gasteiger partial charge in [-0.1, -0.05) is 0 Å². The maximum atomic E-state index is 12.0. The van der Waals surface area contributed by atoms with Crippen molar-refractivity contribution in [2.45, 2.75) is 12.8 Å². The molecule has 1 aliphatic rings. The van der Waals surface area contributed by atoms with Crippen molar-refractivity contribution < 1.29 is 14.7 Å². The first-order chi connectivity index (χ1) is 8.99. The van der Waals surface area contributed by atoms with Gasteiger partial charge in [-0.3, -0.25) is 10.2 Å². The maximum absolute atomic E-state index is 12.0. The summed E-state index contributed by atoms with van der Waals surface area (Å²) in [4.78, 5) is 24.1. The summed E-state index contributed by atoms with van der Waals surface area (Å²) in [6.45, 7) is 0.496. The van der Waals surface area contributed by atoms with Gasteiger partial charge in [0.25, 0.3) is 0 Å². The Morgan fingerprint density at radius 3 is 2.53 bits per heavy atom. The molecule has 6 heteroatoms. The zero-order chi connectivity index (χ0) is 14.0. The van der Waals surface area contributed by atoms with Gasteiger partial charge in [0.15, 0.2) is 0 Å². The van der Waals surface area contributed by atoms with E-state index in [9.17, 15) is 14.7 Å². The fraction of sp³-hybridized carbons (Fsp3) is 0.308. The SMILES string of the molecule is N=C(N)c1ccc(N2CC[C@@H](CC([O])=O)C2=O)cc1. The number of amides is 1. The van der Waals surface area contributed by atoms with Crippen LogP contribution in [0.25, 0.3) is 0 Å². The van der Waals surface area contributed by atoms with Crippen LogP contribution in [0, 0.1) is 11.3 Å². The molecule has 0 bridgehead atoms. The Morgan fingerprint density at radius 2 is 2.00 bits per heavy atom. The van der Waals surface area contributed by atoms with Gasteiger partial charge in [0.2, 0.25) is 5.91 Å². The van der Waals surface area contributed by atoms with Crippen LogP contribution >= 0.6 is 0 Å². The molecule has 1 aliphatic heterocycles. The van der Waals surface area contributed by atoms with Crippen molar-refractivity contribution in [1.82, 2.24) is 0 Å². The molecule has 1 atom stereocenters. The van der Waals surface area contributed by atoms with Crippen LogP contribution in [-0.2, 0) is 14.7 Å². The number of nitrogens with two attached hydrogens (primary N) is 1. The zero-order valence-electron chi connectivity index (χ0n) is 10.3. The number of hydrogen-bond acceptors (Lipinski definition) is 3. The van der Waals surface area contributed by atoms with Gasteiger partial charge in [0.05, 0.1) is 12.3 Å². The van der Waals surface area contributed by atoms with Crippen LogP contribution in [0.1, 0.15) is 18.4 Å².